The van der Waals surface area contributed by atoms with Gasteiger partial charge in [-0.05, 0) is 26.0 Å². The summed E-state index contributed by atoms with van der Waals surface area (Å²) < 4.78 is 0. The summed E-state index contributed by atoms with van der Waals surface area (Å²) in [5.74, 6) is -0.826. The van der Waals surface area contributed by atoms with Gasteiger partial charge in [0.1, 0.15) is 0 Å². The zero-order valence-corrected chi connectivity index (χ0v) is 8.83. The maximum Gasteiger partial charge on any atom is 0.251 e. The highest BCUT2D eigenvalue weighted by molar-refractivity contribution is 5.96. The highest BCUT2D eigenvalue weighted by Gasteiger charge is 2.06. The van der Waals surface area contributed by atoms with Crippen LogP contribution in [0.25, 0.3) is 0 Å². The molecule has 1 aromatic carbocycles. The van der Waals surface area contributed by atoms with E-state index >= 15 is 0 Å². The number of nitrogens with one attached hydrogen (secondary N) is 1. The van der Waals surface area contributed by atoms with Crippen LogP contribution in [0, 0.1) is 13.8 Å². The summed E-state index contributed by atoms with van der Waals surface area (Å²) in [5, 5.41) is 2.44. The SMILES string of the molecule is Cc1cc(C)cc(C(=O)NCC(N)=O)c1. The van der Waals surface area contributed by atoms with Crippen LogP contribution in [-0.2, 0) is 4.79 Å². The van der Waals surface area contributed by atoms with Gasteiger partial charge < -0.3 is 11.1 Å². The summed E-state index contributed by atoms with van der Waals surface area (Å²) in [6, 6.07) is 5.51. The lowest BCUT2D eigenvalue weighted by molar-refractivity contribution is -0.117. The molecule has 0 heterocycles. The largest absolute Gasteiger partial charge is 0.368 e. The lowest BCUT2D eigenvalue weighted by Crippen LogP contribution is -2.33. The zero-order valence-electron chi connectivity index (χ0n) is 8.83. The van der Waals surface area contributed by atoms with E-state index in [1.807, 2.05) is 19.9 Å². The van der Waals surface area contributed by atoms with E-state index in [4.69, 9.17) is 5.73 Å². The van der Waals surface area contributed by atoms with Crippen LogP contribution in [0.3, 0.4) is 0 Å². The molecule has 2 amide bonds. The summed E-state index contributed by atoms with van der Waals surface area (Å²) in [5.41, 5.74) is 7.50. The maximum absolute atomic E-state index is 11.5. The fraction of sp³-hybridized carbons (Fsp3) is 0.273. The number of hydrogen-bond donors (Lipinski definition) is 2. The fourth-order valence-electron chi connectivity index (χ4n) is 1.38. The molecule has 4 heteroatoms. The van der Waals surface area contributed by atoms with E-state index in [1.54, 1.807) is 12.1 Å². The van der Waals surface area contributed by atoms with E-state index in [1.165, 1.54) is 0 Å². The van der Waals surface area contributed by atoms with Gasteiger partial charge in [0, 0.05) is 5.56 Å². The van der Waals surface area contributed by atoms with Crippen LogP contribution in [0.4, 0.5) is 0 Å². The molecule has 3 N–H and O–H groups in total. The molecule has 1 rings (SSSR count). The Morgan fingerprint density at radius 1 is 1.20 bits per heavy atom. The Bertz CT molecular complexity index is 379. The molecule has 15 heavy (non-hydrogen) atoms. The van der Waals surface area contributed by atoms with Crippen LogP contribution < -0.4 is 11.1 Å². The van der Waals surface area contributed by atoms with E-state index in [0.717, 1.165) is 11.1 Å². The number of benzene rings is 1. The average Bonchev–Trinajstić information content (AvgIpc) is 2.12. The summed E-state index contributed by atoms with van der Waals surface area (Å²) in [6.45, 7) is 3.70. The standard InChI is InChI=1S/C11H14N2O2/c1-7-3-8(2)5-9(4-7)11(15)13-6-10(12)14/h3-5H,6H2,1-2H3,(H2,12,14)(H,13,15). The van der Waals surface area contributed by atoms with Crippen molar-refractivity contribution in [1.29, 1.82) is 0 Å². The van der Waals surface area contributed by atoms with Gasteiger partial charge in [-0.15, -0.1) is 0 Å². The number of carbonyl (C=O) groups is 2. The molecule has 4 nitrogen and oxygen atoms in total. The maximum atomic E-state index is 11.5. The molecule has 0 saturated carbocycles. The van der Waals surface area contributed by atoms with Crippen LogP contribution in [-0.4, -0.2) is 18.4 Å². The minimum atomic E-state index is -0.548. The molecular formula is C11H14N2O2. The molecule has 0 aliphatic rings. The van der Waals surface area contributed by atoms with Gasteiger partial charge in [0.25, 0.3) is 5.91 Å². The normalized spacial score (nSPS) is 9.73. The zero-order chi connectivity index (χ0) is 11.4. The molecule has 0 aliphatic heterocycles. The monoisotopic (exact) mass is 206 g/mol. The molecule has 0 spiro atoms. The number of primary amides is 1. The Morgan fingerprint density at radius 3 is 2.20 bits per heavy atom. The number of rotatable bonds is 3. The van der Waals surface area contributed by atoms with Gasteiger partial charge in [-0.25, -0.2) is 0 Å². The minimum Gasteiger partial charge on any atom is -0.368 e. The highest BCUT2D eigenvalue weighted by Crippen LogP contribution is 2.08. The van der Waals surface area contributed by atoms with Crippen molar-refractivity contribution in [2.75, 3.05) is 6.54 Å². The predicted molar refractivity (Wildman–Crippen MR) is 57.4 cm³/mol. The number of aryl methyl sites for hydroxylation is 2. The summed E-state index contributed by atoms with van der Waals surface area (Å²) in [4.78, 5) is 22.0. The predicted octanol–water partition coefficient (Wildman–Crippen LogP) is 0.519. The van der Waals surface area contributed by atoms with Crippen molar-refractivity contribution in [2.24, 2.45) is 5.73 Å². The van der Waals surface area contributed by atoms with E-state index < -0.39 is 5.91 Å². The minimum absolute atomic E-state index is 0.133. The third kappa shape index (κ3) is 3.42. The van der Waals surface area contributed by atoms with Gasteiger partial charge in [0.15, 0.2) is 0 Å². The lowest BCUT2D eigenvalue weighted by atomic mass is 10.1. The van der Waals surface area contributed by atoms with Crippen LogP contribution in [0.15, 0.2) is 18.2 Å². The summed E-state index contributed by atoms with van der Waals surface area (Å²) in [6.07, 6.45) is 0. The molecule has 0 atom stereocenters. The first kappa shape index (κ1) is 11.2. The van der Waals surface area contributed by atoms with E-state index in [0.29, 0.717) is 5.56 Å². The number of amides is 2. The molecule has 0 saturated heterocycles. The summed E-state index contributed by atoms with van der Waals surface area (Å²) >= 11 is 0. The number of nitrogens with two attached hydrogens (primary N) is 1. The number of hydrogen-bond acceptors (Lipinski definition) is 2. The molecule has 80 valence electrons. The van der Waals surface area contributed by atoms with Crippen LogP contribution in [0.5, 0.6) is 0 Å². The van der Waals surface area contributed by atoms with E-state index in [9.17, 15) is 9.59 Å². The molecular weight excluding hydrogens is 192 g/mol. The highest BCUT2D eigenvalue weighted by atomic mass is 16.2. The third-order valence-corrected chi connectivity index (χ3v) is 1.91. The lowest BCUT2D eigenvalue weighted by Gasteiger charge is -2.05. The van der Waals surface area contributed by atoms with Crippen LogP contribution in [0.1, 0.15) is 21.5 Å². The van der Waals surface area contributed by atoms with E-state index in [2.05, 4.69) is 5.32 Å². The van der Waals surface area contributed by atoms with Crippen molar-refractivity contribution in [2.45, 2.75) is 13.8 Å². The Balaban J connectivity index is 2.77. The molecule has 0 bridgehead atoms. The first-order valence-corrected chi connectivity index (χ1v) is 4.64. The van der Waals surface area contributed by atoms with Crippen molar-refractivity contribution >= 4 is 11.8 Å². The Kier molecular flexibility index (Phi) is 3.44. The van der Waals surface area contributed by atoms with Gasteiger partial charge in [0.2, 0.25) is 5.91 Å². The fourth-order valence-corrected chi connectivity index (χ4v) is 1.38. The van der Waals surface area contributed by atoms with Crippen LogP contribution >= 0.6 is 0 Å². The van der Waals surface area contributed by atoms with Gasteiger partial charge in [0.05, 0.1) is 6.54 Å². The third-order valence-electron chi connectivity index (χ3n) is 1.91. The quantitative estimate of drug-likeness (QED) is 0.756. The Hall–Kier alpha value is -1.84. The molecule has 0 aliphatic carbocycles. The molecule has 0 aromatic heterocycles. The Morgan fingerprint density at radius 2 is 1.73 bits per heavy atom. The van der Waals surface area contributed by atoms with Crippen molar-refractivity contribution in [1.82, 2.24) is 5.32 Å². The summed E-state index contributed by atoms with van der Waals surface area (Å²) in [7, 11) is 0. The second-order valence-corrected chi connectivity index (χ2v) is 3.53. The molecule has 0 radical (unpaired) electrons. The van der Waals surface area contributed by atoms with Crippen molar-refractivity contribution in [3.63, 3.8) is 0 Å². The molecule has 0 fully saturated rings. The second-order valence-electron chi connectivity index (χ2n) is 3.53. The Labute approximate surface area is 88.5 Å². The van der Waals surface area contributed by atoms with Gasteiger partial charge >= 0.3 is 0 Å². The number of carbonyl (C=O) groups excluding carboxylic acids is 2. The van der Waals surface area contributed by atoms with Crippen LogP contribution in [0.2, 0.25) is 0 Å². The van der Waals surface area contributed by atoms with Crippen molar-refractivity contribution < 1.29 is 9.59 Å². The van der Waals surface area contributed by atoms with Gasteiger partial charge in [-0.3, -0.25) is 9.59 Å². The first-order chi connectivity index (χ1) is 6.99. The van der Waals surface area contributed by atoms with Crippen molar-refractivity contribution in [3.8, 4) is 0 Å². The molecule has 1 aromatic rings. The van der Waals surface area contributed by atoms with Gasteiger partial charge in [-0.1, -0.05) is 17.2 Å². The average molecular weight is 206 g/mol. The molecule has 0 unspecified atom stereocenters. The smallest absolute Gasteiger partial charge is 0.251 e. The van der Waals surface area contributed by atoms with Crippen molar-refractivity contribution in [3.05, 3.63) is 34.9 Å². The van der Waals surface area contributed by atoms with Gasteiger partial charge in [-0.2, -0.15) is 0 Å². The second kappa shape index (κ2) is 4.59. The van der Waals surface area contributed by atoms with E-state index in [-0.39, 0.29) is 12.5 Å². The first-order valence-electron chi connectivity index (χ1n) is 4.64. The topological polar surface area (TPSA) is 72.2 Å².